The monoisotopic (exact) mass is 456 g/mol. The van der Waals surface area contributed by atoms with Gasteiger partial charge < -0.3 is 24.1 Å². The van der Waals surface area contributed by atoms with Gasteiger partial charge in [0, 0.05) is 25.0 Å². The molecule has 0 spiro atoms. The van der Waals surface area contributed by atoms with Crippen LogP contribution in [-0.2, 0) is 19.1 Å². The molecule has 1 aliphatic carbocycles. The summed E-state index contributed by atoms with van der Waals surface area (Å²) in [7, 11) is 0. The van der Waals surface area contributed by atoms with Crippen molar-refractivity contribution in [3.63, 3.8) is 0 Å². The predicted octanol–water partition coefficient (Wildman–Crippen LogP) is 1.48. The SMILES string of the molecule is CC(=O)Oc1cccc2c1C(=O)c1c(OC(C)=O)cc(C(=O)OCCOCCO)cc1C2=O. The third kappa shape index (κ3) is 5.13. The van der Waals surface area contributed by atoms with Gasteiger partial charge in [-0.05, 0) is 18.2 Å². The van der Waals surface area contributed by atoms with Crippen molar-refractivity contribution in [3.8, 4) is 11.5 Å². The number of benzene rings is 2. The third-order valence-corrected chi connectivity index (χ3v) is 4.51. The molecule has 10 nitrogen and oxygen atoms in total. The summed E-state index contributed by atoms with van der Waals surface area (Å²) in [6.45, 7) is 2.07. The molecule has 0 aromatic heterocycles. The standard InChI is InChI=1S/C23H20O10/c1-12(25)32-17-5-3-4-15-19(17)22(28)20-16(21(15)27)10-14(11-18(20)33-13(2)26)23(29)31-9-8-30-7-6-24/h3-5,10-11,24H,6-9H2,1-2H3. The number of carbonyl (C=O) groups excluding carboxylic acids is 5. The summed E-state index contributed by atoms with van der Waals surface area (Å²) in [5, 5.41) is 8.69. The van der Waals surface area contributed by atoms with Crippen molar-refractivity contribution in [3.05, 3.63) is 58.1 Å². The summed E-state index contributed by atoms with van der Waals surface area (Å²) in [5.41, 5.74) is -0.675. The van der Waals surface area contributed by atoms with E-state index in [-0.39, 0.29) is 65.7 Å². The highest BCUT2D eigenvalue weighted by molar-refractivity contribution is 6.30. The van der Waals surface area contributed by atoms with E-state index in [9.17, 15) is 24.0 Å². The number of rotatable bonds is 8. The highest BCUT2D eigenvalue weighted by Crippen LogP contribution is 2.38. The largest absolute Gasteiger partial charge is 0.460 e. The minimum Gasteiger partial charge on any atom is -0.460 e. The molecular formula is C23H20O10. The molecule has 0 saturated heterocycles. The van der Waals surface area contributed by atoms with Gasteiger partial charge in [0.25, 0.3) is 0 Å². The minimum atomic E-state index is -0.835. The Bertz CT molecular complexity index is 1150. The van der Waals surface area contributed by atoms with Gasteiger partial charge in [-0.1, -0.05) is 12.1 Å². The smallest absolute Gasteiger partial charge is 0.338 e. The molecule has 0 atom stereocenters. The lowest BCUT2D eigenvalue weighted by Gasteiger charge is -2.22. The van der Waals surface area contributed by atoms with Gasteiger partial charge in [0.05, 0.1) is 36.5 Å². The topological polar surface area (TPSA) is 143 Å². The number of esters is 3. The first kappa shape index (κ1) is 23.8. The van der Waals surface area contributed by atoms with E-state index in [0.717, 1.165) is 19.9 Å². The van der Waals surface area contributed by atoms with Crippen molar-refractivity contribution in [2.24, 2.45) is 0 Å². The second-order valence-electron chi connectivity index (χ2n) is 6.89. The van der Waals surface area contributed by atoms with Crippen LogP contribution in [0.3, 0.4) is 0 Å². The number of ketones is 2. The van der Waals surface area contributed by atoms with Gasteiger partial charge in [-0.25, -0.2) is 4.79 Å². The van der Waals surface area contributed by atoms with Gasteiger partial charge in [-0.15, -0.1) is 0 Å². The van der Waals surface area contributed by atoms with Crippen molar-refractivity contribution in [2.45, 2.75) is 13.8 Å². The molecule has 0 heterocycles. The maximum atomic E-state index is 13.3. The van der Waals surface area contributed by atoms with E-state index in [0.29, 0.717) is 0 Å². The van der Waals surface area contributed by atoms with Crippen LogP contribution in [0.25, 0.3) is 0 Å². The minimum absolute atomic E-state index is 0.0251. The maximum Gasteiger partial charge on any atom is 0.338 e. The Morgan fingerprint density at radius 3 is 2.15 bits per heavy atom. The molecule has 0 saturated carbocycles. The first-order chi connectivity index (χ1) is 15.7. The number of hydrogen-bond acceptors (Lipinski definition) is 10. The Hall–Kier alpha value is -3.89. The Morgan fingerprint density at radius 1 is 0.818 bits per heavy atom. The fourth-order valence-corrected chi connectivity index (χ4v) is 3.29. The van der Waals surface area contributed by atoms with Gasteiger partial charge >= 0.3 is 17.9 Å². The molecule has 0 bridgehead atoms. The molecular weight excluding hydrogens is 436 g/mol. The van der Waals surface area contributed by atoms with E-state index in [1.54, 1.807) is 0 Å². The fraction of sp³-hybridized carbons (Fsp3) is 0.261. The van der Waals surface area contributed by atoms with E-state index in [1.165, 1.54) is 24.3 Å². The fourth-order valence-electron chi connectivity index (χ4n) is 3.29. The van der Waals surface area contributed by atoms with Crippen molar-refractivity contribution < 1.29 is 48.0 Å². The van der Waals surface area contributed by atoms with Crippen molar-refractivity contribution >= 4 is 29.5 Å². The van der Waals surface area contributed by atoms with Crippen molar-refractivity contribution in [1.29, 1.82) is 0 Å². The molecule has 2 aromatic carbocycles. The van der Waals surface area contributed by atoms with Crippen LogP contribution >= 0.6 is 0 Å². The molecule has 0 fully saturated rings. The van der Waals surface area contributed by atoms with Gasteiger partial charge in [0.1, 0.15) is 18.1 Å². The summed E-state index contributed by atoms with van der Waals surface area (Å²) in [4.78, 5) is 62.1. The number of aliphatic hydroxyl groups is 1. The number of fused-ring (bicyclic) bond motifs is 2. The lowest BCUT2D eigenvalue weighted by molar-refractivity contribution is -0.132. The summed E-state index contributed by atoms with van der Waals surface area (Å²) in [6.07, 6.45) is 0. The summed E-state index contributed by atoms with van der Waals surface area (Å²) in [6, 6.07) is 6.51. The second kappa shape index (κ2) is 10.2. The Balaban J connectivity index is 2.04. The lowest BCUT2D eigenvalue weighted by atomic mass is 9.82. The zero-order valence-electron chi connectivity index (χ0n) is 17.8. The summed E-state index contributed by atoms with van der Waals surface area (Å²) < 4.78 is 20.3. The summed E-state index contributed by atoms with van der Waals surface area (Å²) >= 11 is 0. The summed E-state index contributed by atoms with van der Waals surface area (Å²) in [5.74, 6) is -4.03. The van der Waals surface area contributed by atoms with Gasteiger partial charge in [0.2, 0.25) is 5.78 Å². The second-order valence-corrected chi connectivity index (χ2v) is 6.89. The van der Waals surface area contributed by atoms with E-state index >= 15 is 0 Å². The Labute approximate surface area is 188 Å². The first-order valence-corrected chi connectivity index (χ1v) is 9.87. The molecule has 3 rings (SSSR count). The molecule has 33 heavy (non-hydrogen) atoms. The normalized spacial score (nSPS) is 12.0. The number of carbonyl (C=O) groups is 5. The van der Waals surface area contributed by atoms with E-state index in [2.05, 4.69) is 0 Å². The van der Waals surface area contributed by atoms with Crippen LogP contribution in [0.1, 0.15) is 56.0 Å². The van der Waals surface area contributed by atoms with Crippen molar-refractivity contribution in [2.75, 3.05) is 26.4 Å². The van der Waals surface area contributed by atoms with Crippen LogP contribution < -0.4 is 9.47 Å². The molecule has 2 aromatic rings. The highest BCUT2D eigenvalue weighted by atomic mass is 16.6. The third-order valence-electron chi connectivity index (χ3n) is 4.51. The predicted molar refractivity (Wildman–Crippen MR) is 111 cm³/mol. The van der Waals surface area contributed by atoms with Crippen molar-refractivity contribution in [1.82, 2.24) is 0 Å². The van der Waals surface area contributed by atoms with Crippen LogP contribution in [0.2, 0.25) is 0 Å². The molecule has 0 unspecified atom stereocenters. The Morgan fingerprint density at radius 2 is 1.48 bits per heavy atom. The average molecular weight is 456 g/mol. The molecule has 1 aliphatic rings. The van der Waals surface area contributed by atoms with E-state index in [1.807, 2.05) is 0 Å². The lowest BCUT2D eigenvalue weighted by Crippen LogP contribution is -2.25. The number of hydrogen-bond donors (Lipinski definition) is 1. The number of ether oxygens (including phenoxy) is 4. The van der Waals surface area contributed by atoms with E-state index < -0.39 is 29.5 Å². The molecule has 172 valence electrons. The van der Waals surface area contributed by atoms with Gasteiger partial charge in [-0.2, -0.15) is 0 Å². The molecule has 1 N–H and O–H groups in total. The van der Waals surface area contributed by atoms with Crippen LogP contribution in [-0.4, -0.2) is 61.0 Å². The zero-order valence-corrected chi connectivity index (χ0v) is 17.8. The first-order valence-electron chi connectivity index (χ1n) is 9.87. The van der Waals surface area contributed by atoms with Gasteiger partial charge in [0.15, 0.2) is 5.78 Å². The van der Waals surface area contributed by atoms with Gasteiger partial charge in [-0.3, -0.25) is 19.2 Å². The molecule has 0 amide bonds. The highest BCUT2D eigenvalue weighted by Gasteiger charge is 2.36. The van der Waals surface area contributed by atoms with Crippen LogP contribution in [0.4, 0.5) is 0 Å². The van der Waals surface area contributed by atoms with Crippen LogP contribution in [0, 0.1) is 0 Å². The number of aliphatic hydroxyl groups excluding tert-OH is 1. The maximum absolute atomic E-state index is 13.3. The average Bonchev–Trinajstić information content (AvgIpc) is 2.75. The molecule has 0 aliphatic heterocycles. The van der Waals surface area contributed by atoms with E-state index in [4.69, 9.17) is 24.1 Å². The molecule has 10 heteroatoms. The van der Waals surface area contributed by atoms with Crippen LogP contribution in [0.15, 0.2) is 30.3 Å². The quantitative estimate of drug-likeness (QED) is 0.301. The molecule has 0 radical (unpaired) electrons. The van der Waals surface area contributed by atoms with Crippen LogP contribution in [0.5, 0.6) is 11.5 Å². The zero-order chi connectivity index (χ0) is 24.1. The Kier molecular flexibility index (Phi) is 7.31.